The third-order valence-electron chi connectivity index (χ3n) is 7.55. The number of fused-ring (bicyclic) bond motifs is 1. The van der Waals surface area contributed by atoms with E-state index in [1.54, 1.807) is 6.07 Å². The quantitative estimate of drug-likeness (QED) is 0.319. The number of aliphatic hydroxyl groups excluding tert-OH is 1. The Kier molecular flexibility index (Phi) is 7.76. The number of furan rings is 1. The third-order valence-corrected chi connectivity index (χ3v) is 7.83. The van der Waals surface area contributed by atoms with Crippen molar-refractivity contribution >= 4 is 40.2 Å². The highest BCUT2D eigenvalue weighted by Crippen LogP contribution is 2.44. The van der Waals surface area contributed by atoms with Crippen LogP contribution in [0, 0.1) is 11.8 Å². The van der Waals surface area contributed by atoms with Crippen molar-refractivity contribution in [2.75, 3.05) is 30.7 Å². The van der Waals surface area contributed by atoms with Crippen LogP contribution in [0.1, 0.15) is 63.7 Å². The van der Waals surface area contributed by atoms with E-state index >= 15 is 0 Å². The van der Waals surface area contributed by atoms with Crippen LogP contribution in [-0.2, 0) is 0 Å². The molecular weight excluding hydrogens is 478 g/mol. The van der Waals surface area contributed by atoms with Gasteiger partial charge in [0.05, 0.1) is 5.56 Å². The topological polar surface area (TPSA) is 118 Å². The minimum absolute atomic E-state index is 0.00339. The van der Waals surface area contributed by atoms with Gasteiger partial charge in [-0.05, 0) is 62.6 Å². The second-order valence-corrected chi connectivity index (χ2v) is 10.4. The van der Waals surface area contributed by atoms with E-state index in [-0.39, 0.29) is 41.0 Å². The Morgan fingerprint density at radius 3 is 2.64 bits per heavy atom. The zero-order valence-electron chi connectivity index (χ0n) is 21.5. The average molecular weight is 514 g/mol. The fourth-order valence-electron chi connectivity index (χ4n) is 5.26. The molecule has 4 rings (SSSR count). The highest BCUT2D eigenvalue weighted by Gasteiger charge is 2.43. The van der Waals surface area contributed by atoms with E-state index in [4.69, 9.17) is 21.8 Å². The predicted octanol–water partition coefficient (Wildman–Crippen LogP) is 5.60. The van der Waals surface area contributed by atoms with Gasteiger partial charge >= 0.3 is 0 Å². The molecule has 1 saturated carbocycles. The summed E-state index contributed by atoms with van der Waals surface area (Å²) in [6.07, 6.45) is 3.60. The van der Waals surface area contributed by atoms with E-state index in [1.807, 2.05) is 23.1 Å². The molecule has 2 aromatic heterocycles. The highest BCUT2D eigenvalue weighted by molar-refractivity contribution is 6.32. The molecule has 8 nitrogen and oxygen atoms in total. The maximum atomic E-state index is 13.1. The molecule has 0 aliphatic heterocycles. The second kappa shape index (κ2) is 10.6. The number of aliphatic hydroxyl groups is 1. The molecule has 0 spiro atoms. The molecule has 36 heavy (non-hydrogen) atoms. The predicted molar refractivity (Wildman–Crippen MR) is 144 cm³/mol. The molecule has 0 saturated heterocycles. The van der Waals surface area contributed by atoms with Gasteiger partial charge in [0.25, 0.3) is 5.91 Å². The molecule has 9 heteroatoms. The molecular formula is C27H36ClN5O3. The fraction of sp³-hybridized carbons (Fsp3) is 0.519. The van der Waals surface area contributed by atoms with Gasteiger partial charge in [0.15, 0.2) is 0 Å². The number of carbonyl (C=O) groups excluding carboxylic acids is 1. The molecule has 194 valence electrons. The molecule has 4 N–H and O–H groups in total. The minimum Gasteiger partial charge on any atom is -0.456 e. The van der Waals surface area contributed by atoms with Crippen LogP contribution in [0.5, 0.6) is 0 Å². The van der Waals surface area contributed by atoms with Gasteiger partial charge in [-0.2, -0.15) is 4.98 Å². The van der Waals surface area contributed by atoms with Crippen LogP contribution in [0.2, 0.25) is 5.15 Å². The lowest BCUT2D eigenvalue weighted by Crippen LogP contribution is -2.40. The first-order valence-electron chi connectivity index (χ1n) is 12.8. The van der Waals surface area contributed by atoms with Gasteiger partial charge in [0.2, 0.25) is 5.95 Å². The van der Waals surface area contributed by atoms with Crippen molar-refractivity contribution in [2.24, 2.45) is 11.8 Å². The number of nitrogen functional groups attached to an aromatic ring is 1. The van der Waals surface area contributed by atoms with Crippen LogP contribution < -0.4 is 11.1 Å². The Morgan fingerprint density at radius 2 is 2.00 bits per heavy atom. The van der Waals surface area contributed by atoms with Gasteiger partial charge in [-0.15, -0.1) is 0 Å². The maximum absolute atomic E-state index is 13.1. The zero-order valence-corrected chi connectivity index (χ0v) is 22.2. The number of hydrogen-bond acceptors (Lipinski definition) is 7. The van der Waals surface area contributed by atoms with Crippen LogP contribution in [0.15, 0.2) is 28.7 Å². The summed E-state index contributed by atoms with van der Waals surface area (Å²) in [6, 6.07) is 7.38. The molecule has 3 atom stereocenters. The Hall–Kier alpha value is -2.84. The minimum atomic E-state index is -0.306. The van der Waals surface area contributed by atoms with Crippen LogP contribution in [0.25, 0.3) is 22.3 Å². The van der Waals surface area contributed by atoms with Gasteiger partial charge in [-0.25, -0.2) is 4.98 Å². The molecule has 0 unspecified atom stereocenters. The fourth-order valence-corrected chi connectivity index (χ4v) is 5.53. The number of nitrogens with zero attached hydrogens (tertiary/aromatic N) is 3. The van der Waals surface area contributed by atoms with Crippen LogP contribution in [0.3, 0.4) is 0 Å². The summed E-state index contributed by atoms with van der Waals surface area (Å²) in [7, 11) is 0. The average Bonchev–Trinajstić information content (AvgIpc) is 3.37. The number of benzene rings is 1. The Balaban J connectivity index is 1.71. The number of halogens is 1. The van der Waals surface area contributed by atoms with Gasteiger partial charge in [-0.3, -0.25) is 4.79 Å². The first kappa shape index (κ1) is 26.2. The van der Waals surface area contributed by atoms with Crippen LogP contribution in [-0.4, -0.2) is 51.1 Å². The van der Waals surface area contributed by atoms with Crippen LogP contribution >= 0.6 is 11.6 Å². The number of rotatable bonds is 9. The summed E-state index contributed by atoms with van der Waals surface area (Å²) in [5.74, 6) is 1.47. The first-order valence-corrected chi connectivity index (χ1v) is 13.1. The van der Waals surface area contributed by atoms with Crippen molar-refractivity contribution in [1.29, 1.82) is 0 Å². The molecule has 3 aromatic rings. The molecule has 1 amide bonds. The largest absolute Gasteiger partial charge is 0.456 e. The summed E-state index contributed by atoms with van der Waals surface area (Å²) < 4.78 is 6.22. The monoisotopic (exact) mass is 513 g/mol. The molecule has 1 fully saturated rings. The molecule has 1 aromatic carbocycles. The summed E-state index contributed by atoms with van der Waals surface area (Å²) in [6.45, 7) is 9.98. The van der Waals surface area contributed by atoms with E-state index < -0.39 is 0 Å². The molecule has 1 aliphatic rings. The Labute approximate surface area is 217 Å². The van der Waals surface area contributed by atoms with Gasteiger partial charge in [0, 0.05) is 36.2 Å². The molecule has 0 radical (unpaired) electrons. The summed E-state index contributed by atoms with van der Waals surface area (Å²) in [5, 5.41) is 14.3. The van der Waals surface area contributed by atoms with Crippen molar-refractivity contribution in [1.82, 2.24) is 14.9 Å². The third kappa shape index (κ3) is 5.02. The normalized spacial score (nSPS) is 21.7. The second-order valence-electron chi connectivity index (χ2n) is 10.1. The SMILES string of the molecule is CCCN(CCC)C(=O)c1ccc2cc(-c3c(Cl)nc(N)nc3N[C@@]3(C)CC[C@H](CO)[C@H]3C)oc2c1. The van der Waals surface area contributed by atoms with E-state index in [1.165, 1.54) is 0 Å². The number of nitrogens with two attached hydrogens (primary N) is 1. The smallest absolute Gasteiger partial charge is 0.253 e. The lowest BCUT2D eigenvalue weighted by atomic mass is 9.86. The van der Waals surface area contributed by atoms with Crippen molar-refractivity contribution in [2.45, 2.75) is 58.9 Å². The number of amides is 1. The molecule has 0 bridgehead atoms. The zero-order chi connectivity index (χ0) is 26.0. The standard InChI is InChI=1S/C27H36ClN5O3/c1-5-11-33(12-6-2)25(35)18-8-7-17-13-21(36-20(17)14-18)22-23(28)30-26(29)31-24(22)32-27(4)10-9-19(15-34)16(27)3/h7-8,13-14,16,19,34H,5-6,9-12,15H2,1-4H3,(H3,29,30,31,32)/t16-,19-,27+/m1/s1. The van der Waals surface area contributed by atoms with Crippen molar-refractivity contribution in [3.63, 3.8) is 0 Å². The highest BCUT2D eigenvalue weighted by atomic mass is 35.5. The molecule has 2 heterocycles. The maximum Gasteiger partial charge on any atom is 0.253 e. The van der Waals surface area contributed by atoms with Crippen LogP contribution in [0.4, 0.5) is 11.8 Å². The van der Waals surface area contributed by atoms with Crippen molar-refractivity contribution in [3.05, 3.63) is 35.0 Å². The van der Waals surface area contributed by atoms with Crippen molar-refractivity contribution < 1.29 is 14.3 Å². The number of aromatic nitrogens is 2. The van der Waals surface area contributed by atoms with Gasteiger partial charge < -0.3 is 25.5 Å². The van der Waals surface area contributed by atoms with Gasteiger partial charge in [-0.1, -0.05) is 38.4 Å². The lowest BCUT2D eigenvalue weighted by molar-refractivity contribution is 0.0755. The Bertz CT molecular complexity index is 1240. The summed E-state index contributed by atoms with van der Waals surface area (Å²) in [4.78, 5) is 23.6. The number of anilines is 2. The number of carbonyl (C=O) groups is 1. The van der Waals surface area contributed by atoms with E-state index in [9.17, 15) is 9.90 Å². The molecule has 1 aliphatic carbocycles. The number of hydrogen-bond donors (Lipinski definition) is 3. The summed E-state index contributed by atoms with van der Waals surface area (Å²) in [5.41, 5.74) is 7.35. The van der Waals surface area contributed by atoms with E-state index in [2.05, 4.69) is 43.0 Å². The van der Waals surface area contributed by atoms with Gasteiger partial charge in [0.1, 0.15) is 22.3 Å². The Morgan fingerprint density at radius 1 is 1.28 bits per heavy atom. The summed E-state index contributed by atoms with van der Waals surface area (Å²) >= 11 is 6.58. The first-order chi connectivity index (χ1) is 17.2. The lowest BCUT2D eigenvalue weighted by Gasteiger charge is -2.33. The van der Waals surface area contributed by atoms with Crippen molar-refractivity contribution in [3.8, 4) is 11.3 Å². The van der Waals surface area contributed by atoms with E-state index in [0.717, 1.165) is 44.2 Å². The van der Waals surface area contributed by atoms with E-state index in [0.29, 0.717) is 28.3 Å². The number of nitrogens with one attached hydrogen (secondary N) is 1.